The second kappa shape index (κ2) is 8.93. The number of anilines is 2. The third-order valence-electron chi connectivity index (χ3n) is 4.22. The Hall–Kier alpha value is -3.10. The third-order valence-corrected chi connectivity index (χ3v) is 4.47. The van der Waals surface area contributed by atoms with Gasteiger partial charge in [0.05, 0.1) is 12.7 Å². The Bertz CT molecular complexity index is 946. The zero-order chi connectivity index (χ0) is 21.0. The molecule has 0 fully saturated rings. The molecule has 2 aromatic rings. The van der Waals surface area contributed by atoms with Gasteiger partial charge in [0.25, 0.3) is 11.8 Å². The molecule has 9 heteroatoms. The number of halogens is 1. The highest BCUT2D eigenvalue weighted by Crippen LogP contribution is 2.37. The van der Waals surface area contributed by atoms with Crippen molar-refractivity contribution in [3.8, 4) is 11.5 Å². The normalized spacial score (nSPS) is 12.9. The molecular weight excluding hydrogens is 398 g/mol. The Morgan fingerprint density at radius 3 is 2.21 bits per heavy atom. The van der Waals surface area contributed by atoms with E-state index in [1.54, 1.807) is 43.4 Å². The minimum Gasteiger partial charge on any atom is -0.454 e. The number of hydrogen-bond acceptors (Lipinski definition) is 5. The van der Waals surface area contributed by atoms with Gasteiger partial charge in [-0.05, 0) is 37.3 Å². The van der Waals surface area contributed by atoms with Crippen LogP contribution in [0.4, 0.5) is 11.4 Å². The first-order valence-corrected chi connectivity index (χ1v) is 9.31. The van der Waals surface area contributed by atoms with E-state index in [1.165, 1.54) is 6.92 Å². The van der Waals surface area contributed by atoms with Crippen molar-refractivity contribution in [3.63, 3.8) is 0 Å². The van der Waals surface area contributed by atoms with Gasteiger partial charge >= 0.3 is 0 Å². The lowest BCUT2D eigenvalue weighted by Gasteiger charge is -2.15. The number of carbonyl (C=O) groups is 3. The van der Waals surface area contributed by atoms with Gasteiger partial charge in [-0.25, -0.2) is 0 Å². The van der Waals surface area contributed by atoms with Gasteiger partial charge in [0.15, 0.2) is 30.4 Å². The van der Waals surface area contributed by atoms with E-state index in [4.69, 9.17) is 21.1 Å². The number of carbonyl (C=O) groups excluding carboxylic acids is 3. The van der Waals surface area contributed by atoms with Crippen LogP contribution in [0.5, 0.6) is 11.5 Å². The Morgan fingerprint density at radius 2 is 1.59 bits per heavy atom. The van der Waals surface area contributed by atoms with Crippen LogP contribution in [0.15, 0.2) is 36.4 Å². The molecule has 1 aliphatic rings. The van der Waals surface area contributed by atoms with Crippen LogP contribution in [0.1, 0.15) is 17.3 Å². The van der Waals surface area contributed by atoms with Gasteiger partial charge in [0.1, 0.15) is 0 Å². The first kappa shape index (κ1) is 20.6. The molecule has 0 bridgehead atoms. The highest BCUT2D eigenvalue weighted by molar-refractivity contribution is 6.30. The lowest BCUT2D eigenvalue weighted by Crippen LogP contribution is -3.11. The Balaban J connectivity index is 1.57. The number of ketones is 1. The second-order valence-corrected chi connectivity index (χ2v) is 7.16. The topological polar surface area (TPSA) is 98.2 Å². The molecule has 152 valence electrons. The standard InChI is InChI=1S/C20H20ClN3O5/c1-12(25)15-7-17-18(29-11-28-17)8-16(15)23-20(27)10-24(2)9-19(26)22-14-5-3-13(21)4-6-14/h3-8H,9-11H2,1-2H3,(H,22,26)(H,23,27)/p+1. The molecule has 1 unspecified atom stereocenters. The summed E-state index contributed by atoms with van der Waals surface area (Å²) in [4.78, 5) is 37.1. The molecule has 2 aromatic carbocycles. The van der Waals surface area contributed by atoms with E-state index in [1.807, 2.05) is 0 Å². The molecule has 29 heavy (non-hydrogen) atoms. The van der Waals surface area contributed by atoms with Gasteiger partial charge in [-0.1, -0.05) is 11.6 Å². The summed E-state index contributed by atoms with van der Waals surface area (Å²) in [6.07, 6.45) is 0. The first-order valence-electron chi connectivity index (χ1n) is 8.93. The largest absolute Gasteiger partial charge is 0.454 e. The number of likely N-dealkylation sites (N-methyl/N-ethyl adjacent to an activating group) is 1. The Labute approximate surface area is 172 Å². The summed E-state index contributed by atoms with van der Waals surface area (Å²) in [5, 5.41) is 6.05. The lowest BCUT2D eigenvalue weighted by atomic mass is 10.1. The van der Waals surface area contributed by atoms with Gasteiger partial charge < -0.3 is 25.0 Å². The van der Waals surface area contributed by atoms with E-state index in [-0.39, 0.29) is 37.5 Å². The smallest absolute Gasteiger partial charge is 0.279 e. The number of rotatable bonds is 7. The number of Topliss-reactive ketones (excluding diaryl/α,β-unsaturated/α-hetero) is 1. The molecule has 0 saturated carbocycles. The Morgan fingerprint density at radius 1 is 1.00 bits per heavy atom. The Kier molecular flexibility index (Phi) is 6.36. The molecule has 8 nitrogen and oxygen atoms in total. The predicted octanol–water partition coefficient (Wildman–Crippen LogP) is 1.36. The summed E-state index contributed by atoms with van der Waals surface area (Å²) in [5.74, 6) is 0.165. The molecule has 2 amide bonds. The van der Waals surface area contributed by atoms with Crippen LogP contribution >= 0.6 is 11.6 Å². The van der Waals surface area contributed by atoms with E-state index in [9.17, 15) is 14.4 Å². The number of hydrogen-bond donors (Lipinski definition) is 3. The van der Waals surface area contributed by atoms with E-state index in [0.29, 0.717) is 38.4 Å². The van der Waals surface area contributed by atoms with Gasteiger partial charge in [0.2, 0.25) is 6.79 Å². The minimum atomic E-state index is -0.330. The zero-order valence-electron chi connectivity index (χ0n) is 16.0. The molecule has 0 radical (unpaired) electrons. The second-order valence-electron chi connectivity index (χ2n) is 6.72. The molecule has 0 aliphatic carbocycles. The number of ether oxygens (including phenoxy) is 2. The van der Waals surface area contributed by atoms with Crippen LogP contribution in [-0.4, -0.2) is 44.5 Å². The van der Waals surface area contributed by atoms with Crippen molar-refractivity contribution >= 4 is 40.6 Å². The molecule has 3 rings (SSSR count). The number of quaternary nitrogens is 1. The summed E-state index contributed by atoms with van der Waals surface area (Å²) in [6.45, 7) is 1.61. The fourth-order valence-electron chi connectivity index (χ4n) is 2.88. The van der Waals surface area contributed by atoms with E-state index in [2.05, 4.69) is 10.6 Å². The van der Waals surface area contributed by atoms with Crippen molar-refractivity contribution in [2.75, 3.05) is 37.6 Å². The highest BCUT2D eigenvalue weighted by Gasteiger charge is 2.21. The summed E-state index contributed by atoms with van der Waals surface area (Å²) in [7, 11) is 1.73. The van der Waals surface area contributed by atoms with Gasteiger partial charge in [-0.15, -0.1) is 0 Å². The maximum atomic E-state index is 12.4. The molecule has 1 atom stereocenters. The van der Waals surface area contributed by atoms with Crippen molar-refractivity contribution in [1.82, 2.24) is 0 Å². The fourth-order valence-corrected chi connectivity index (χ4v) is 3.01. The SMILES string of the molecule is CC(=O)c1cc2c(cc1NC(=O)C[NH+](C)CC(=O)Nc1ccc(Cl)cc1)OCO2. The monoisotopic (exact) mass is 418 g/mol. The van der Waals surface area contributed by atoms with E-state index in [0.717, 1.165) is 0 Å². The number of nitrogens with one attached hydrogen (secondary N) is 3. The molecule has 0 spiro atoms. The van der Waals surface area contributed by atoms with E-state index < -0.39 is 0 Å². The average molecular weight is 419 g/mol. The van der Waals surface area contributed by atoms with Crippen LogP contribution in [-0.2, 0) is 9.59 Å². The maximum absolute atomic E-state index is 12.4. The van der Waals surface area contributed by atoms with Crippen LogP contribution < -0.4 is 25.0 Å². The van der Waals surface area contributed by atoms with E-state index >= 15 is 0 Å². The average Bonchev–Trinajstić information content (AvgIpc) is 3.09. The summed E-state index contributed by atoms with van der Waals surface area (Å²) >= 11 is 5.82. The van der Waals surface area contributed by atoms with Crippen LogP contribution in [0, 0.1) is 0 Å². The number of fused-ring (bicyclic) bond motifs is 1. The first-order chi connectivity index (χ1) is 13.8. The van der Waals surface area contributed by atoms with Crippen molar-refractivity contribution in [1.29, 1.82) is 0 Å². The molecule has 0 saturated heterocycles. The summed E-state index contributed by atoms with van der Waals surface area (Å²) < 4.78 is 10.6. The molecule has 1 aliphatic heterocycles. The quantitative estimate of drug-likeness (QED) is 0.590. The number of amides is 2. The fraction of sp³-hybridized carbons (Fsp3) is 0.250. The molecule has 3 N–H and O–H groups in total. The van der Waals surface area contributed by atoms with Gasteiger partial charge in [-0.3, -0.25) is 14.4 Å². The van der Waals surface area contributed by atoms with Crippen molar-refractivity contribution in [3.05, 3.63) is 47.0 Å². The lowest BCUT2D eigenvalue weighted by molar-refractivity contribution is -0.862. The van der Waals surface area contributed by atoms with Crippen LogP contribution in [0.25, 0.3) is 0 Å². The van der Waals surface area contributed by atoms with Crippen molar-refractivity contribution < 1.29 is 28.8 Å². The number of benzene rings is 2. The van der Waals surface area contributed by atoms with Crippen molar-refractivity contribution in [2.24, 2.45) is 0 Å². The maximum Gasteiger partial charge on any atom is 0.279 e. The highest BCUT2D eigenvalue weighted by atomic mass is 35.5. The van der Waals surface area contributed by atoms with Gasteiger partial charge in [-0.2, -0.15) is 0 Å². The van der Waals surface area contributed by atoms with Gasteiger partial charge in [0, 0.05) is 22.3 Å². The summed E-state index contributed by atoms with van der Waals surface area (Å²) in [6, 6.07) is 9.88. The minimum absolute atomic E-state index is 0.0415. The van der Waals surface area contributed by atoms with Crippen LogP contribution in [0.3, 0.4) is 0 Å². The third kappa shape index (κ3) is 5.46. The van der Waals surface area contributed by atoms with Crippen molar-refractivity contribution in [2.45, 2.75) is 6.92 Å². The van der Waals surface area contributed by atoms with Crippen LogP contribution in [0.2, 0.25) is 5.02 Å². The predicted molar refractivity (Wildman–Crippen MR) is 108 cm³/mol. The summed E-state index contributed by atoms with van der Waals surface area (Å²) in [5.41, 5.74) is 1.31. The molecular formula is C20H21ClN3O5+. The zero-order valence-corrected chi connectivity index (χ0v) is 16.8. The molecule has 0 aromatic heterocycles. The molecule has 1 heterocycles.